The largest absolute Gasteiger partial charge is 0.397 e. The van der Waals surface area contributed by atoms with E-state index in [1.54, 1.807) is 13.3 Å². The van der Waals surface area contributed by atoms with E-state index in [2.05, 4.69) is 38.2 Å². The summed E-state index contributed by atoms with van der Waals surface area (Å²) in [6.45, 7) is 3.44. The van der Waals surface area contributed by atoms with Gasteiger partial charge in [-0.15, -0.1) is 0 Å². The number of hydrogen-bond acceptors (Lipinski definition) is 5. The molecular formula is C11H19BrN4O. The Morgan fingerprint density at radius 2 is 2.29 bits per heavy atom. The summed E-state index contributed by atoms with van der Waals surface area (Å²) < 4.78 is 5.90. The molecule has 5 nitrogen and oxygen atoms in total. The summed E-state index contributed by atoms with van der Waals surface area (Å²) in [6.07, 6.45) is 1.64. The predicted octanol–water partition coefficient (Wildman–Crippen LogP) is 1.42. The van der Waals surface area contributed by atoms with Crippen molar-refractivity contribution in [3.8, 4) is 0 Å². The molecule has 3 N–H and O–H groups in total. The van der Waals surface area contributed by atoms with Gasteiger partial charge in [0, 0.05) is 26.7 Å². The molecule has 0 fully saturated rings. The smallest absolute Gasteiger partial charge is 0.140 e. The molecule has 0 unspecified atom stereocenters. The van der Waals surface area contributed by atoms with E-state index in [1.807, 2.05) is 6.07 Å². The van der Waals surface area contributed by atoms with Crippen LogP contribution in [0.5, 0.6) is 0 Å². The molecule has 0 amide bonds. The first-order valence-electron chi connectivity index (χ1n) is 5.46. The minimum Gasteiger partial charge on any atom is -0.397 e. The standard InChI is InChI=1S/C11H19BrN4O/c1-16(5-6-17-2)4-3-14-11-10(12)7-9(13)8-15-11/h7-8H,3-6,13H2,1-2H3,(H,14,15). The number of aromatic nitrogens is 1. The third kappa shape index (κ3) is 5.34. The minimum atomic E-state index is 0.652. The first kappa shape index (κ1) is 14.2. The molecule has 0 spiro atoms. The Balaban J connectivity index is 2.30. The van der Waals surface area contributed by atoms with Gasteiger partial charge in [0.05, 0.1) is 23.0 Å². The van der Waals surface area contributed by atoms with Crippen LogP contribution in [0.15, 0.2) is 16.7 Å². The summed E-state index contributed by atoms with van der Waals surface area (Å²) in [5.41, 5.74) is 6.27. The van der Waals surface area contributed by atoms with Crippen molar-refractivity contribution < 1.29 is 4.74 Å². The second-order valence-electron chi connectivity index (χ2n) is 3.82. The molecule has 1 rings (SSSR count). The summed E-state index contributed by atoms with van der Waals surface area (Å²) in [5, 5.41) is 3.25. The van der Waals surface area contributed by atoms with E-state index in [0.29, 0.717) is 5.69 Å². The lowest BCUT2D eigenvalue weighted by Crippen LogP contribution is -2.28. The third-order valence-corrected chi connectivity index (χ3v) is 2.93. The van der Waals surface area contributed by atoms with Crippen LogP contribution in [0, 0.1) is 0 Å². The van der Waals surface area contributed by atoms with Crippen LogP contribution in [0.4, 0.5) is 11.5 Å². The number of anilines is 2. The number of nitrogens with zero attached hydrogens (tertiary/aromatic N) is 2. The number of nitrogens with one attached hydrogen (secondary N) is 1. The molecule has 17 heavy (non-hydrogen) atoms. The number of halogens is 1. The second-order valence-corrected chi connectivity index (χ2v) is 4.68. The number of rotatable bonds is 7. The number of ether oxygens (including phenoxy) is 1. The highest BCUT2D eigenvalue weighted by Crippen LogP contribution is 2.21. The van der Waals surface area contributed by atoms with Crippen molar-refractivity contribution in [2.24, 2.45) is 0 Å². The van der Waals surface area contributed by atoms with E-state index in [1.165, 1.54) is 0 Å². The van der Waals surface area contributed by atoms with E-state index in [9.17, 15) is 0 Å². The Morgan fingerprint density at radius 3 is 2.94 bits per heavy atom. The molecule has 0 saturated carbocycles. The number of nitrogens with two attached hydrogens (primary N) is 1. The first-order chi connectivity index (χ1) is 8.13. The average Bonchev–Trinajstić information content (AvgIpc) is 2.29. The molecule has 1 aromatic heterocycles. The van der Waals surface area contributed by atoms with Gasteiger partial charge in [-0.1, -0.05) is 0 Å². The van der Waals surface area contributed by atoms with Gasteiger partial charge in [-0.25, -0.2) is 4.98 Å². The summed E-state index contributed by atoms with van der Waals surface area (Å²) in [6, 6.07) is 1.84. The monoisotopic (exact) mass is 302 g/mol. The molecule has 0 bridgehead atoms. The topological polar surface area (TPSA) is 63.4 Å². The molecule has 0 saturated heterocycles. The van der Waals surface area contributed by atoms with Crippen molar-refractivity contribution in [2.45, 2.75) is 0 Å². The van der Waals surface area contributed by atoms with Crippen LogP contribution in [0.25, 0.3) is 0 Å². The van der Waals surface area contributed by atoms with E-state index in [-0.39, 0.29) is 0 Å². The molecule has 0 aliphatic rings. The molecule has 6 heteroatoms. The Bertz CT molecular complexity index is 348. The number of hydrogen-bond donors (Lipinski definition) is 2. The van der Waals surface area contributed by atoms with Crippen LogP contribution < -0.4 is 11.1 Å². The molecule has 0 aromatic carbocycles. The average molecular weight is 303 g/mol. The fourth-order valence-corrected chi connectivity index (χ4v) is 1.81. The maximum Gasteiger partial charge on any atom is 0.140 e. The Kier molecular flexibility index (Phi) is 6.25. The van der Waals surface area contributed by atoms with Gasteiger partial charge >= 0.3 is 0 Å². The number of methoxy groups -OCH3 is 1. The normalized spacial score (nSPS) is 10.8. The number of pyridine rings is 1. The third-order valence-electron chi connectivity index (χ3n) is 2.33. The SMILES string of the molecule is COCCN(C)CCNc1ncc(N)cc1Br. The summed E-state index contributed by atoms with van der Waals surface area (Å²) >= 11 is 3.42. The van der Waals surface area contributed by atoms with Gasteiger partial charge in [0.25, 0.3) is 0 Å². The Labute approximate surface area is 110 Å². The van der Waals surface area contributed by atoms with Gasteiger partial charge in [-0.05, 0) is 29.0 Å². The highest BCUT2D eigenvalue weighted by Gasteiger charge is 2.02. The highest BCUT2D eigenvalue weighted by molar-refractivity contribution is 9.10. The molecular weight excluding hydrogens is 284 g/mol. The zero-order valence-corrected chi connectivity index (χ0v) is 11.8. The highest BCUT2D eigenvalue weighted by atomic mass is 79.9. The molecule has 0 aliphatic heterocycles. The van der Waals surface area contributed by atoms with Crippen molar-refractivity contribution >= 4 is 27.4 Å². The minimum absolute atomic E-state index is 0.652. The fraction of sp³-hybridized carbons (Fsp3) is 0.545. The summed E-state index contributed by atoms with van der Waals surface area (Å²) in [4.78, 5) is 6.41. The van der Waals surface area contributed by atoms with Gasteiger partial charge in [0.2, 0.25) is 0 Å². The quantitative estimate of drug-likeness (QED) is 0.797. The molecule has 1 heterocycles. The lowest BCUT2D eigenvalue weighted by atomic mass is 10.4. The van der Waals surface area contributed by atoms with Crippen molar-refractivity contribution in [3.63, 3.8) is 0 Å². The summed E-state index contributed by atoms with van der Waals surface area (Å²) in [5.74, 6) is 0.819. The zero-order chi connectivity index (χ0) is 12.7. The van der Waals surface area contributed by atoms with E-state index in [0.717, 1.165) is 36.5 Å². The van der Waals surface area contributed by atoms with Gasteiger partial charge in [-0.2, -0.15) is 0 Å². The molecule has 1 aromatic rings. The lowest BCUT2D eigenvalue weighted by Gasteiger charge is -2.16. The Morgan fingerprint density at radius 1 is 1.53 bits per heavy atom. The van der Waals surface area contributed by atoms with Crippen LogP contribution in [-0.4, -0.2) is 50.3 Å². The molecule has 0 radical (unpaired) electrons. The Hall–Kier alpha value is -0.850. The van der Waals surface area contributed by atoms with E-state index in [4.69, 9.17) is 10.5 Å². The molecule has 0 aliphatic carbocycles. The predicted molar refractivity (Wildman–Crippen MR) is 74.2 cm³/mol. The second kappa shape index (κ2) is 7.47. The number of nitrogen functional groups attached to an aromatic ring is 1. The van der Waals surface area contributed by atoms with Gasteiger partial charge in [0.15, 0.2) is 0 Å². The van der Waals surface area contributed by atoms with Crippen LogP contribution in [-0.2, 0) is 4.74 Å². The van der Waals surface area contributed by atoms with Crippen LogP contribution in [0.3, 0.4) is 0 Å². The fourth-order valence-electron chi connectivity index (χ4n) is 1.31. The van der Waals surface area contributed by atoms with Crippen LogP contribution in [0.2, 0.25) is 0 Å². The first-order valence-corrected chi connectivity index (χ1v) is 6.25. The van der Waals surface area contributed by atoms with Gasteiger partial charge in [-0.3, -0.25) is 0 Å². The lowest BCUT2D eigenvalue weighted by molar-refractivity contribution is 0.163. The van der Waals surface area contributed by atoms with Crippen molar-refractivity contribution in [2.75, 3.05) is 51.4 Å². The van der Waals surface area contributed by atoms with Gasteiger partial charge < -0.3 is 20.7 Å². The zero-order valence-electron chi connectivity index (χ0n) is 10.2. The molecule has 0 atom stereocenters. The van der Waals surface area contributed by atoms with Crippen molar-refractivity contribution in [3.05, 3.63) is 16.7 Å². The maximum absolute atomic E-state index is 5.62. The van der Waals surface area contributed by atoms with Crippen molar-refractivity contribution in [1.29, 1.82) is 0 Å². The van der Waals surface area contributed by atoms with E-state index < -0.39 is 0 Å². The molecule has 96 valence electrons. The summed E-state index contributed by atoms with van der Waals surface area (Å²) in [7, 11) is 3.77. The van der Waals surface area contributed by atoms with Gasteiger partial charge in [0.1, 0.15) is 5.82 Å². The van der Waals surface area contributed by atoms with Crippen molar-refractivity contribution in [1.82, 2.24) is 9.88 Å². The van der Waals surface area contributed by atoms with Crippen LogP contribution in [0.1, 0.15) is 0 Å². The maximum atomic E-state index is 5.62. The number of likely N-dealkylation sites (N-methyl/N-ethyl adjacent to an activating group) is 1. The van der Waals surface area contributed by atoms with Crippen LogP contribution >= 0.6 is 15.9 Å². The van der Waals surface area contributed by atoms with E-state index >= 15 is 0 Å².